The molecule has 1 aliphatic rings. The zero-order valence-corrected chi connectivity index (χ0v) is 5.68. The van der Waals surface area contributed by atoms with Gasteiger partial charge in [0.15, 0.2) is 0 Å². The molecule has 0 amide bonds. The predicted molar refractivity (Wildman–Crippen MR) is 33.8 cm³/mol. The van der Waals surface area contributed by atoms with E-state index in [1.54, 1.807) is 0 Å². The van der Waals surface area contributed by atoms with Crippen LogP contribution in [0.3, 0.4) is 0 Å². The van der Waals surface area contributed by atoms with Crippen molar-refractivity contribution in [3.05, 3.63) is 0 Å². The summed E-state index contributed by atoms with van der Waals surface area (Å²) in [5.74, 6) is 1.66. The maximum Gasteiger partial charge on any atom is 0.0494 e. The molecular formula is C7H14O. The van der Waals surface area contributed by atoms with E-state index < -0.39 is 0 Å². The quantitative estimate of drug-likeness (QED) is 0.465. The van der Waals surface area contributed by atoms with Gasteiger partial charge in [-0.05, 0) is 18.3 Å². The van der Waals surface area contributed by atoms with Gasteiger partial charge in [0.05, 0.1) is 0 Å². The molecule has 0 radical (unpaired) electrons. The summed E-state index contributed by atoms with van der Waals surface area (Å²) in [7, 11) is 0. The molecule has 1 fully saturated rings. The van der Waals surface area contributed by atoms with Gasteiger partial charge in [0, 0.05) is 13.2 Å². The lowest BCUT2D eigenvalue weighted by Gasteiger charge is -2.24. The fourth-order valence-corrected chi connectivity index (χ4v) is 0.987. The second-order valence-corrected chi connectivity index (χ2v) is 2.82. The lowest BCUT2D eigenvalue weighted by molar-refractivity contribution is 0.0303. The molecule has 1 nitrogen and oxygen atoms in total. The third kappa shape index (κ3) is 1.22. The molecule has 1 heteroatoms. The summed E-state index contributed by atoms with van der Waals surface area (Å²) < 4.78 is 5.25. The molecule has 0 aromatic carbocycles. The van der Waals surface area contributed by atoms with Crippen molar-refractivity contribution in [2.24, 2.45) is 11.8 Å². The first-order valence-electron chi connectivity index (χ1n) is 3.38. The van der Waals surface area contributed by atoms with Gasteiger partial charge in [-0.1, -0.05) is 13.8 Å². The first-order valence-corrected chi connectivity index (χ1v) is 3.38. The Balaban J connectivity index is 2.28. The maximum absolute atomic E-state index is 5.25. The Morgan fingerprint density at radius 1 is 1.25 bits per heavy atom. The molecule has 2 atom stereocenters. The van der Waals surface area contributed by atoms with Crippen molar-refractivity contribution < 1.29 is 4.74 Å². The normalized spacial score (nSPS) is 39.8. The van der Waals surface area contributed by atoms with E-state index in [1.807, 2.05) is 0 Å². The third-order valence-corrected chi connectivity index (χ3v) is 2.07. The summed E-state index contributed by atoms with van der Waals surface area (Å²) >= 11 is 0. The number of hydrogen-bond acceptors (Lipinski definition) is 1. The second-order valence-electron chi connectivity index (χ2n) is 2.82. The number of hydrogen-bond donors (Lipinski definition) is 0. The van der Waals surface area contributed by atoms with Gasteiger partial charge in [-0.15, -0.1) is 0 Å². The van der Waals surface area contributed by atoms with E-state index in [0.717, 1.165) is 25.0 Å². The summed E-state index contributed by atoms with van der Waals surface area (Å²) in [5, 5.41) is 0. The van der Waals surface area contributed by atoms with Gasteiger partial charge >= 0.3 is 0 Å². The van der Waals surface area contributed by atoms with E-state index in [9.17, 15) is 0 Å². The van der Waals surface area contributed by atoms with Crippen molar-refractivity contribution in [3.8, 4) is 0 Å². The predicted octanol–water partition coefficient (Wildman–Crippen LogP) is 1.68. The average Bonchev–Trinajstić information content (AvgIpc) is 1.77. The van der Waals surface area contributed by atoms with E-state index in [4.69, 9.17) is 4.74 Å². The SMILES string of the molecule is C[C@@H]1CCOC[C@H]1C. The van der Waals surface area contributed by atoms with E-state index in [-0.39, 0.29) is 0 Å². The van der Waals surface area contributed by atoms with Crippen LogP contribution >= 0.6 is 0 Å². The van der Waals surface area contributed by atoms with Crippen molar-refractivity contribution >= 4 is 0 Å². The summed E-state index contributed by atoms with van der Waals surface area (Å²) in [6.45, 7) is 6.50. The topological polar surface area (TPSA) is 9.23 Å². The molecule has 0 N–H and O–H groups in total. The standard InChI is InChI=1S/C7H14O/c1-6-3-4-8-5-7(6)2/h6-7H,3-5H2,1-2H3/t6-,7-/m1/s1. The van der Waals surface area contributed by atoms with Gasteiger partial charge in [0.2, 0.25) is 0 Å². The smallest absolute Gasteiger partial charge is 0.0494 e. The summed E-state index contributed by atoms with van der Waals surface area (Å²) in [4.78, 5) is 0. The highest BCUT2D eigenvalue weighted by Gasteiger charge is 2.16. The molecule has 1 rings (SSSR count). The Morgan fingerprint density at radius 3 is 2.38 bits per heavy atom. The van der Waals surface area contributed by atoms with E-state index >= 15 is 0 Å². The van der Waals surface area contributed by atoms with Crippen LogP contribution in [-0.2, 0) is 4.74 Å². The van der Waals surface area contributed by atoms with Gasteiger partial charge in [-0.3, -0.25) is 0 Å². The second kappa shape index (κ2) is 2.49. The largest absolute Gasteiger partial charge is 0.381 e. The van der Waals surface area contributed by atoms with Crippen LogP contribution in [0.4, 0.5) is 0 Å². The van der Waals surface area contributed by atoms with Crippen LogP contribution in [0.15, 0.2) is 0 Å². The van der Waals surface area contributed by atoms with Crippen LogP contribution in [-0.4, -0.2) is 13.2 Å². The van der Waals surface area contributed by atoms with Crippen molar-refractivity contribution in [2.45, 2.75) is 20.3 Å². The summed E-state index contributed by atoms with van der Waals surface area (Å²) in [5.41, 5.74) is 0. The minimum absolute atomic E-state index is 0.781. The van der Waals surface area contributed by atoms with Crippen molar-refractivity contribution in [3.63, 3.8) is 0 Å². The van der Waals surface area contributed by atoms with Gasteiger partial charge in [0.25, 0.3) is 0 Å². The fourth-order valence-electron chi connectivity index (χ4n) is 0.987. The van der Waals surface area contributed by atoms with Crippen LogP contribution in [0.2, 0.25) is 0 Å². The lowest BCUT2D eigenvalue weighted by Crippen LogP contribution is -2.22. The molecule has 0 bridgehead atoms. The van der Waals surface area contributed by atoms with Crippen molar-refractivity contribution in [1.29, 1.82) is 0 Å². The van der Waals surface area contributed by atoms with Crippen LogP contribution in [0, 0.1) is 11.8 Å². The molecule has 8 heavy (non-hydrogen) atoms. The highest BCUT2D eigenvalue weighted by atomic mass is 16.5. The molecule has 0 aliphatic carbocycles. The molecule has 0 aromatic heterocycles. The zero-order chi connectivity index (χ0) is 5.98. The molecule has 1 aliphatic heterocycles. The van der Waals surface area contributed by atoms with Crippen molar-refractivity contribution in [1.82, 2.24) is 0 Å². The highest BCUT2D eigenvalue weighted by molar-refractivity contribution is 4.64. The average molecular weight is 114 g/mol. The Morgan fingerprint density at radius 2 is 2.00 bits per heavy atom. The fraction of sp³-hybridized carbons (Fsp3) is 1.00. The molecule has 1 saturated heterocycles. The minimum atomic E-state index is 0.781. The first-order chi connectivity index (χ1) is 3.80. The maximum atomic E-state index is 5.25. The minimum Gasteiger partial charge on any atom is -0.381 e. The van der Waals surface area contributed by atoms with E-state index in [1.165, 1.54) is 6.42 Å². The lowest BCUT2D eigenvalue weighted by atomic mass is 9.92. The van der Waals surface area contributed by atoms with E-state index in [0.29, 0.717) is 0 Å². The molecule has 48 valence electrons. The molecular weight excluding hydrogens is 100 g/mol. The van der Waals surface area contributed by atoms with Crippen LogP contribution in [0.25, 0.3) is 0 Å². The van der Waals surface area contributed by atoms with Crippen LogP contribution in [0.1, 0.15) is 20.3 Å². The Hall–Kier alpha value is -0.0400. The van der Waals surface area contributed by atoms with Gasteiger partial charge in [-0.2, -0.15) is 0 Å². The Kier molecular flexibility index (Phi) is 1.90. The number of ether oxygens (including phenoxy) is 1. The van der Waals surface area contributed by atoms with Gasteiger partial charge in [-0.25, -0.2) is 0 Å². The third-order valence-electron chi connectivity index (χ3n) is 2.07. The Bertz CT molecular complexity index is 60.8. The Labute approximate surface area is 51.0 Å². The van der Waals surface area contributed by atoms with Crippen molar-refractivity contribution in [2.75, 3.05) is 13.2 Å². The van der Waals surface area contributed by atoms with Crippen LogP contribution in [0.5, 0.6) is 0 Å². The molecule has 0 unspecified atom stereocenters. The molecule has 1 heterocycles. The summed E-state index contributed by atoms with van der Waals surface area (Å²) in [6, 6.07) is 0. The molecule has 0 aromatic rings. The summed E-state index contributed by atoms with van der Waals surface area (Å²) in [6.07, 6.45) is 1.25. The van der Waals surface area contributed by atoms with Gasteiger partial charge < -0.3 is 4.74 Å². The molecule has 0 saturated carbocycles. The van der Waals surface area contributed by atoms with Gasteiger partial charge in [0.1, 0.15) is 0 Å². The molecule has 0 spiro atoms. The number of rotatable bonds is 0. The van der Waals surface area contributed by atoms with Crippen LogP contribution < -0.4 is 0 Å². The zero-order valence-electron chi connectivity index (χ0n) is 5.68. The first kappa shape index (κ1) is 6.09. The monoisotopic (exact) mass is 114 g/mol. The van der Waals surface area contributed by atoms with E-state index in [2.05, 4.69) is 13.8 Å². The highest BCUT2D eigenvalue weighted by Crippen LogP contribution is 2.19.